The van der Waals surface area contributed by atoms with Gasteiger partial charge in [0.2, 0.25) is 0 Å². The minimum atomic E-state index is -4.53. The number of benzene rings is 1. The van der Waals surface area contributed by atoms with E-state index in [1.54, 1.807) is 13.8 Å². The van der Waals surface area contributed by atoms with Crippen molar-refractivity contribution in [3.63, 3.8) is 0 Å². The molecule has 1 heterocycles. The molecule has 0 aliphatic rings. The van der Waals surface area contributed by atoms with Crippen LogP contribution in [0.4, 0.5) is 19.0 Å². The third-order valence-corrected chi connectivity index (χ3v) is 3.74. The lowest BCUT2D eigenvalue weighted by molar-refractivity contribution is -0.137. The second-order valence-corrected chi connectivity index (χ2v) is 5.91. The summed E-state index contributed by atoms with van der Waals surface area (Å²) in [6, 6.07) is 4.42. The van der Waals surface area contributed by atoms with Crippen LogP contribution in [-0.4, -0.2) is 28.4 Å². The summed E-state index contributed by atoms with van der Waals surface area (Å²) in [5, 5.41) is 6.78. The van der Waals surface area contributed by atoms with Crippen LogP contribution in [0.15, 0.2) is 36.9 Å². The molecule has 2 rings (SSSR count). The predicted molar refractivity (Wildman–Crippen MR) is 92.6 cm³/mol. The molecule has 1 aromatic heterocycles. The van der Waals surface area contributed by atoms with Crippen molar-refractivity contribution in [3.8, 4) is 5.69 Å². The van der Waals surface area contributed by atoms with E-state index in [1.165, 1.54) is 12.1 Å². The lowest BCUT2D eigenvalue weighted by atomic mass is 10.2. The van der Waals surface area contributed by atoms with Crippen molar-refractivity contribution >= 4 is 23.3 Å². The Bertz CT molecular complexity index is 818. The Morgan fingerprint density at radius 1 is 1.46 bits per heavy atom. The number of nitrogens with one attached hydrogen (secondary N) is 1. The lowest BCUT2D eigenvalue weighted by Crippen LogP contribution is -2.28. The van der Waals surface area contributed by atoms with E-state index in [1.807, 2.05) is 0 Å². The molecule has 0 aliphatic heterocycles. The molecule has 1 N–H and O–H groups in total. The third kappa shape index (κ3) is 4.64. The highest BCUT2D eigenvalue weighted by atomic mass is 35.5. The van der Waals surface area contributed by atoms with Gasteiger partial charge >= 0.3 is 6.18 Å². The lowest BCUT2D eigenvalue weighted by Gasteiger charge is -2.15. The fourth-order valence-electron chi connectivity index (χ4n) is 2.14. The van der Waals surface area contributed by atoms with Gasteiger partial charge in [0.05, 0.1) is 28.6 Å². The van der Waals surface area contributed by atoms with Gasteiger partial charge in [-0.3, -0.25) is 4.79 Å². The van der Waals surface area contributed by atoms with Gasteiger partial charge in [-0.2, -0.15) is 18.3 Å². The highest BCUT2D eigenvalue weighted by molar-refractivity contribution is 6.32. The van der Waals surface area contributed by atoms with Crippen molar-refractivity contribution in [1.82, 2.24) is 9.78 Å². The number of hydrogen-bond acceptors (Lipinski definition) is 3. The molecule has 0 fully saturated rings. The number of amides is 1. The molecular weight excluding hydrogens is 371 g/mol. The first-order chi connectivity index (χ1) is 12.1. The maximum absolute atomic E-state index is 13.0. The van der Waals surface area contributed by atoms with Crippen LogP contribution in [0.25, 0.3) is 5.69 Å². The molecule has 0 radical (unpaired) electrons. The summed E-state index contributed by atoms with van der Waals surface area (Å²) in [4.78, 5) is 12.2. The first kappa shape index (κ1) is 20.0. The van der Waals surface area contributed by atoms with Gasteiger partial charge in [-0.1, -0.05) is 17.7 Å². The normalized spacial score (nSPS) is 12.7. The first-order valence-corrected chi connectivity index (χ1v) is 7.98. The summed E-state index contributed by atoms with van der Waals surface area (Å²) in [5.41, 5.74) is -0.372. The summed E-state index contributed by atoms with van der Waals surface area (Å²) < 4.78 is 45.4. The molecule has 1 amide bonds. The zero-order chi connectivity index (χ0) is 19.5. The van der Waals surface area contributed by atoms with Gasteiger partial charge in [-0.15, -0.1) is 6.58 Å². The van der Waals surface area contributed by atoms with Crippen LogP contribution in [0, 0.1) is 6.92 Å². The third-order valence-electron chi connectivity index (χ3n) is 3.42. The second kappa shape index (κ2) is 7.92. The Kier molecular flexibility index (Phi) is 6.09. The van der Waals surface area contributed by atoms with Crippen molar-refractivity contribution in [2.24, 2.45) is 0 Å². The van der Waals surface area contributed by atoms with Crippen LogP contribution in [-0.2, 0) is 15.7 Å². The average Bonchev–Trinajstić information content (AvgIpc) is 2.92. The summed E-state index contributed by atoms with van der Waals surface area (Å²) in [5.74, 6) is -0.293. The van der Waals surface area contributed by atoms with E-state index in [4.69, 9.17) is 16.3 Å². The quantitative estimate of drug-likeness (QED) is 0.748. The molecule has 1 aromatic carbocycles. The number of carbonyl (C=O) groups excluding carboxylic acids is 1. The van der Waals surface area contributed by atoms with Crippen LogP contribution in [0.1, 0.15) is 18.2 Å². The fraction of sp³-hybridized carbons (Fsp3) is 0.294. The van der Waals surface area contributed by atoms with Crippen LogP contribution < -0.4 is 5.32 Å². The Labute approximate surface area is 153 Å². The van der Waals surface area contributed by atoms with Crippen molar-refractivity contribution in [2.45, 2.75) is 26.1 Å². The average molecular weight is 388 g/mol. The van der Waals surface area contributed by atoms with Gasteiger partial charge < -0.3 is 10.1 Å². The Morgan fingerprint density at radius 2 is 2.15 bits per heavy atom. The number of alkyl halides is 3. The zero-order valence-corrected chi connectivity index (χ0v) is 14.9. The topological polar surface area (TPSA) is 56.1 Å². The summed E-state index contributed by atoms with van der Waals surface area (Å²) in [6.45, 7) is 6.87. The molecule has 0 aliphatic carbocycles. The molecule has 0 bridgehead atoms. The minimum absolute atomic E-state index is 0.00422. The van der Waals surface area contributed by atoms with Gasteiger partial charge in [0, 0.05) is 6.07 Å². The SMILES string of the molecule is C=CCO[C@H](C)C(=O)Nc1cc(C)nn1-c1cc(C(F)(F)F)ccc1Cl. The fourth-order valence-corrected chi connectivity index (χ4v) is 2.34. The molecule has 5 nitrogen and oxygen atoms in total. The Balaban J connectivity index is 2.38. The number of ether oxygens (including phenoxy) is 1. The van der Waals surface area contributed by atoms with E-state index >= 15 is 0 Å². The summed E-state index contributed by atoms with van der Waals surface area (Å²) >= 11 is 6.05. The van der Waals surface area contributed by atoms with Crippen molar-refractivity contribution < 1.29 is 22.7 Å². The highest BCUT2D eigenvalue weighted by Crippen LogP contribution is 2.34. The first-order valence-electron chi connectivity index (χ1n) is 7.60. The van der Waals surface area contributed by atoms with Crippen molar-refractivity contribution in [2.75, 3.05) is 11.9 Å². The van der Waals surface area contributed by atoms with Gasteiger partial charge in [0.15, 0.2) is 0 Å². The van der Waals surface area contributed by atoms with E-state index in [-0.39, 0.29) is 23.1 Å². The number of nitrogens with zero attached hydrogens (tertiary/aromatic N) is 2. The number of carbonyl (C=O) groups is 1. The van der Waals surface area contributed by atoms with E-state index < -0.39 is 23.8 Å². The van der Waals surface area contributed by atoms with Gasteiger partial charge in [-0.25, -0.2) is 4.68 Å². The number of hydrogen-bond donors (Lipinski definition) is 1. The number of aryl methyl sites for hydroxylation is 1. The maximum atomic E-state index is 13.0. The second-order valence-electron chi connectivity index (χ2n) is 5.50. The Hall–Kier alpha value is -2.32. The minimum Gasteiger partial charge on any atom is -0.365 e. The van der Waals surface area contributed by atoms with E-state index in [9.17, 15) is 18.0 Å². The molecule has 0 saturated heterocycles. The number of anilines is 1. The van der Waals surface area contributed by atoms with Crippen molar-refractivity contribution in [1.29, 1.82) is 0 Å². The molecule has 9 heteroatoms. The van der Waals surface area contributed by atoms with Crippen LogP contribution in [0.3, 0.4) is 0 Å². The monoisotopic (exact) mass is 387 g/mol. The largest absolute Gasteiger partial charge is 0.416 e. The maximum Gasteiger partial charge on any atom is 0.416 e. The molecule has 1 atom stereocenters. The molecule has 140 valence electrons. The highest BCUT2D eigenvalue weighted by Gasteiger charge is 2.31. The van der Waals surface area contributed by atoms with Crippen molar-refractivity contribution in [3.05, 3.63) is 53.2 Å². The van der Waals surface area contributed by atoms with Crippen LogP contribution in [0.2, 0.25) is 5.02 Å². The van der Waals surface area contributed by atoms with Crippen LogP contribution >= 0.6 is 11.6 Å². The smallest absolute Gasteiger partial charge is 0.365 e. The molecule has 0 spiro atoms. The van der Waals surface area contributed by atoms with Gasteiger partial charge in [-0.05, 0) is 32.0 Å². The van der Waals surface area contributed by atoms with E-state index in [0.29, 0.717) is 5.69 Å². The number of halogens is 4. The predicted octanol–water partition coefficient (Wildman–Crippen LogP) is 4.38. The standard InChI is InChI=1S/C17H17ClF3N3O2/c1-4-7-26-11(3)16(25)22-15-8-10(2)23-24(15)14-9-12(17(19,20)21)5-6-13(14)18/h4-6,8-9,11H,1,7H2,2-3H3,(H,22,25)/t11-/m1/s1. The zero-order valence-electron chi connectivity index (χ0n) is 14.1. The van der Waals surface area contributed by atoms with E-state index in [2.05, 4.69) is 17.0 Å². The molecular formula is C17H17ClF3N3O2. The van der Waals surface area contributed by atoms with E-state index in [0.717, 1.165) is 22.9 Å². The number of aromatic nitrogens is 2. The summed E-state index contributed by atoms with van der Waals surface area (Å²) in [7, 11) is 0. The van der Waals surface area contributed by atoms with Crippen LogP contribution in [0.5, 0.6) is 0 Å². The number of rotatable bonds is 6. The summed E-state index contributed by atoms with van der Waals surface area (Å²) in [6.07, 6.45) is -3.81. The van der Waals surface area contributed by atoms with Gasteiger partial charge in [0.1, 0.15) is 11.9 Å². The molecule has 0 saturated carbocycles. The Morgan fingerprint density at radius 3 is 2.77 bits per heavy atom. The molecule has 0 unspecified atom stereocenters. The molecule has 26 heavy (non-hydrogen) atoms. The molecule has 2 aromatic rings. The van der Waals surface area contributed by atoms with Gasteiger partial charge in [0.25, 0.3) is 5.91 Å².